The third kappa shape index (κ3) is 3.54. The van der Waals surface area contributed by atoms with Crippen LogP contribution in [0.15, 0.2) is 48.9 Å². The lowest BCUT2D eigenvalue weighted by atomic mass is 10.0. The number of nitrogens with zero attached hydrogens (tertiary/aromatic N) is 4. The number of halogens is 1. The van der Waals surface area contributed by atoms with E-state index in [9.17, 15) is 9.18 Å². The first kappa shape index (κ1) is 21.7. The number of hydrogen-bond acceptors (Lipinski definition) is 6. The Bertz CT molecular complexity index is 1450. The summed E-state index contributed by atoms with van der Waals surface area (Å²) in [6.45, 7) is 3.75. The Kier molecular flexibility index (Phi) is 5.03. The number of carbonyl (C=O) groups excluding carboxylic acids is 1. The zero-order valence-corrected chi connectivity index (χ0v) is 19.4. The van der Waals surface area contributed by atoms with E-state index >= 15 is 0 Å². The van der Waals surface area contributed by atoms with Crippen LogP contribution in [0, 0.1) is 17.2 Å². The molecule has 2 aromatic heterocycles. The van der Waals surface area contributed by atoms with Crippen molar-refractivity contribution in [3.05, 3.63) is 54.7 Å². The number of fused-ring (bicyclic) bond motifs is 2. The van der Waals surface area contributed by atoms with E-state index < -0.39 is 5.41 Å². The van der Waals surface area contributed by atoms with Gasteiger partial charge in [0, 0.05) is 41.2 Å². The number of benzene rings is 2. The Morgan fingerprint density at radius 1 is 1.26 bits per heavy atom. The van der Waals surface area contributed by atoms with Crippen LogP contribution in [0.3, 0.4) is 0 Å². The molecule has 0 spiro atoms. The van der Waals surface area contributed by atoms with E-state index in [1.54, 1.807) is 25.3 Å². The van der Waals surface area contributed by atoms with Crippen molar-refractivity contribution < 1.29 is 18.7 Å². The fourth-order valence-electron chi connectivity index (χ4n) is 4.89. The molecule has 178 valence electrons. The van der Waals surface area contributed by atoms with Crippen LogP contribution in [0.5, 0.6) is 5.75 Å². The van der Waals surface area contributed by atoms with Crippen LogP contribution < -0.4 is 10.1 Å². The Morgan fingerprint density at radius 2 is 2.09 bits per heavy atom. The lowest BCUT2D eigenvalue weighted by molar-refractivity contribution is -0.121. The molecule has 2 aliphatic rings. The fourth-order valence-corrected chi connectivity index (χ4v) is 4.89. The van der Waals surface area contributed by atoms with Gasteiger partial charge < -0.3 is 14.8 Å². The SMILES string of the molecule is CCn1cc(-c2ncnc3cc(OC)c(NC(=O)[C@@]45COCC4C5)cc23)c(-c2ccc(F)cc2)n1. The number of rotatable bonds is 6. The molecule has 1 amide bonds. The molecule has 9 heteroatoms. The molecule has 0 bridgehead atoms. The molecule has 2 atom stereocenters. The molecule has 2 aromatic carbocycles. The van der Waals surface area contributed by atoms with Gasteiger partial charge in [0.1, 0.15) is 23.6 Å². The molecule has 1 saturated heterocycles. The van der Waals surface area contributed by atoms with Crippen molar-refractivity contribution in [2.75, 3.05) is 25.6 Å². The number of aryl methyl sites for hydroxylation is 1. The zero-order valence-electron chi connectivity index (χ0n) is 19.4. The number of methoxy groups -OCH3 is 1. The normalized spacial score (nSPS) is 20.6. The van der Waals surface area contributed by atoms with Crippen molar-refractivity contribution in [1.82, 2.24) is 19.7 Å². The second kappa shape index (κ2) is 8.13. The zero-order chi connectivity index (χ0) is 24.2. The van der Waals surface area contributed by atoms with E-state index in [2.05, 4.69) is 15.3 Å². The highest BCUT2D eigenvalue weighted by Crippen LogP contribution is 2.57. The summed E-state index contributed by atoms with van der Waals surface area (Å²) in [6, 6.07) is 9.88. The summed E-state index contributed by atoms with van der Waals surface area (Å²) >= 11 is 0. The Morgan fingerprint density at radius 3 is 2.77 bits per heavy atom. The van der Waals surface area contributed by atoms with Crippen molar-refractivity contribution in [2.24, 2.45) is 11.3 Å². The Balaban J connectivity index is 1.47. The molecule has 35 heavy (non-hydrogen) atoms. The first-order chi connectivity index (χ1) is 17.0. The summed E-state index contributed by atoms with van der Waals surface area (Å²) in [6.07, 6.45) is 4.27. The highest BCUT2D eigenvalue weighted by atomic mass is 19.1. The Hall–Kier alpha value is -3.85. The van der Waals surface area contributed by atoms with Crippen LogP contribution in [0.2, 0.25) is 0 Å². The minimum Gasteiger partial charge on any atom is -0.494 e. The second-order valence-electron chi connectivity index (χ2n) is 9.07. The van der Waals surface area contributed by atoms with Crippen LogP contribution in [-0.4, -0.2) is 46.0 Å². The smallest absolute Gasteiger partial charge is 0.233 e. The van der Waals surface area contributed by atoms with E-state index in [0.29, 0.717) is 48.1 Å². The van der Waals surface area contributed by atoms with Gasteiger partial charge in [-0.15, -0.1) is 0 Å². The highest BCUT2D eigenvalue weighted by molar-refractivity contribution is 6.04. The maximum Gasteiger partial charge on any atom is 0.233 e. The van der Waals surface area contributed by atoms with Gasteiger partial charge >= 0.3 is 0 Å². The van der Waals surface area contributed by atoms with Crippen molar-refractivity contribution >= 4 is 22.5 Å². The largest absolute Gasteiger partial charge is 0.494 e. The third-order valence-corrected chi connectivity index (χ3v) is 7.03. The number of anilines is 1. The van der Waals surface area contributed by atoms with Crippen LogP contribution in [0.1, 0.15) is 13.3 Å². The predicted molar refractivity (Wildman–Crippen MR) is 128 cm³/mol. The maximum absolute atomic E-state index is 13.6. The van der Waals surface area contributed by atoms with Gasteiger partial charge in [0.2, 0.25) is 5.91 Å². The molecule has 1 N–H and O–H groups in total. The summed E-state index contributed by atoms with van der Waals surface area (Å²) in [5, 5.41) is 8.52. The minimum absolute atomic E-state index is 0.0538. The van der Waals surface area contributed by atoms with E-state index in [4.69, 9.17) is 14.6 Å². The van der Waals surface area contributed by atoms with Gasteiger partial charge in [-0.1, -0.05) is 0 Å². The first-order valence-electron chi connectivity index (χ1n) is 11.6. The van der Waals surface area contributed by atoms with Gasteiger partial charge in [-0.3, -0.25) is 9.48 Å². The summed E-state index contributed by atoms with van der Waals surface area (Å²) in [4.78, 5) is 22.2. The van der Waals surface area contributed by atoms with Crippen LogP contribution >= 0.6 is 0 Å². The average Bonchev–Trinajstić information content (AvgIpc) is 3.21. The predicted octanol–water partition coefficient (Wildman–Crippen LogP) is 4.30. The van der Waals surface area contributed by atoms with E-state index in [-0.39, 0.29) is 17.6 Å². The van der Waals surface area contributed by atoms with E-state index in [1.807, 2.05) is 23.9 Å². The minimum atomic E-state index is -0.437. The highest BCUT2D eigenvalue weighted by Gasteiger charge is 2.63. The molecule has 8 nitrogen and oxygen atoms in total. The van der Waals surface area contributed by atoms with Gasteiger partial charge in [-0.25, -0.2) is 14.4 Å². The molecule has 0 radical (unpaired) electrons. The molecule has 6 rings (SSSR count). The number of amides is 1. The monoisotopic (exact) mass is 473 g/mol. The van der Waals surface area contributed by atoms with Gasteiger partial charge in [0.15, 0.2) is 0 Å². The lowest BCUT2D eigenvalue weighted by Gasteiger charge is -2.16. The topological polar surface area (TPSA) is 91.2 Å². The van der Waals surface area contributed by atoms with Gasteiger partial charge in [0.05, 0.1) is 42.6 Å². The standard InChI is InChI=1S/C26H24FN5O3/c1-3-32-11-19(23(31-32)15-4-6-17(27)7-5-15)24-18-8-21(22(34-2)9-20(18)28-14-29-24)30-25(33)26-10-16(26)12-35-13-26/h4-9,11,14,16H,3,10,12-13H2,1-2H3,(H,30,33)/t16?,26-/m0/s1. The second-order valence-corrected chi connectivity index (χ2v) is 9.07. The first-order valence-corrected chi connectivity index (χ1v) is 11.6. The van der Waals surface area contributed by atoms with Gasteiger partial charge in [-0.05, 0) is 43.7 Å². The third-order valence-electron chi connectivity index (χ3n) is 7.03. The van der Waals surface area contributed by atoms with Crippen molar-refractivity contribution in [3.8, 4) is 28.3 Å². The number of aromatic nitrogens is 4. The number of ether oxygens (including phenoxy) is 2. The van der Waals surface area contributed by atoms with E-state index in [0.717, 1.165) is 22.9 Å². The number of carbonyl (C=O) groups is 1. The number of nitrogens with one attached hydrogen (secondary N) is 1. The molecule has 1 aliphatic carbocycles. The molecule has 4 aromatic rings. The number of hydrogen-bond donors (Lipinski definition) is 1. The lowest BCUT2D eigenvalue weighted by Crippen LogP contribution is -2.27. The van der Waals surface area contributed by atoms with Crippen molar-refractivity contribution in [1.29, 1.82) is 0 Å². The Labute approximate surface area is 201 Å². The molecular weight excluding hydrogens is 449 g/mol. The molecule has 3 heterocycles. The van der Waals surface area contributed by atoms with Gasteiger partial charge in [0.25, 0.3) is 0 Å². The molecule has 1 unspecified atom stereocenters. The van der Waals surface area contributed by atoms with Crippen LogP contribution in [0.25, 0.3) is 33.4 Å². The van der Waals surface area contributed by atoms with Crippen LogP contribution in [-0.2, 0) is 16.1 Å². The van der Waals surface area contributed by atoms with Crippen molar-refractivity contribution in [2.45, 2.75) is 19.9 Å². The molecule has 2 fully saturated rings. The summed E-state index contributed by atoms with van der Waals surface area (Å²) in [7, 11) is 1.56. The van der Waals surface area contributed by atoms with E-state index in [1.165, 1.54) is 18.5 Å². The summed E-state index contributed by atoms with van der Waals surface area (Å²) < 4.78 is 26.5. The quantitative estimate of drug-likeness (QED) is 0.449. The summed E-state index contributed by atoms with van der Waals surface area (Å²) in [5.41, 5.74) is 3.72. The van der Waals surface area contributed by atoms with Gasteiger partial charge in [-0.2, -0.15) is 5.10 Å². The summed E-state index contributed by atoms with van der Waals surface area (Å²) in [5.74, 6) is 0.439. The maximum atomic E-state index is 13.6. The molecular formula is C26H24FN5O3. The average molecular weight is 474 g/mol. The van der Waals surface area contributed by atoms with Crippen LogP contribution in [0.4, 0.5) is 10.1 Å². The molecule has 1 saturated carbocycles. The van der Waals surface area contributed by atoms with Crippen molar-refractivity contribution in [3.63, 3.8) is 0 Å². The molecule has 1 aliphatic heterocycles. The fraction of sp³-hybridized carbons (Fsp3) is 0.308.